The normalized spacial score (nSPS) is 15.7. The van der Waals surface area contributed by atoms with E-state index in [1.807, 2.05) is 30.8 Å². The standard InChI is InChI=1S/C17H21NOS/c1-13-6-9-15(19-13)12-18-14-7-10-17(11-8-14)20-16-4-2-3-5-16/h6-11,16,18H,2-5,12H2,1H3. The van der Waals surface area contributed by atoms with Gasteiger partial charge in [0.05, 0.1) is 6.54 Å². The van der Waals surface area contributed by atoms with Gasteiger partial charge in [-0.3, -0.25) is 0 Å². The second-order valence-electron chi connectivity index (χ2n) is 5.41. The van der Waals surface area contributed by atoms with Crippen LogP contribution in [0.5, 0.6) is 0 Å². The van der Waals surface area contributed by atoms with Crippen molar-refractivity contribution in [1.29, 1.82) is 0 Å². The van der Waals surface area contributed by atoms with Crippen LogP contribution in [0, 0.1) is 6.92 Å². The fourth-order valence-corrected chi connectivity index (χ4v) is 3.87. The maximum absolute atomic E-state index is 5.55. The molecule has 2 nitrogen and oxygen atoms in total. The van der Waals surface area contributed by atoms with Gasteiger partial charge in [-0.2, -0.15) is 0 Å². The molecular weight excluding hydrogens is 266 g/mol. The molecule has 0 amide bonds. The summed E-state index contributed by atoms with van der Waals surface area (Å²) in [5, 5.41) is 4.23. The monoisotopic (exact) mass is 287 g/mol. The van der Waals surface area contributed by atoms with Gasteiger partial charge in [0.2, 0.25) is 0 Å². The van der Waals surface area contributed by atoms with E-state index in [2.05, 4.69) is 29.6 Å². The Labute approximate surface area is 125 Å². The second kappa shape index (κ2) is 6.40. The van der Waals surface area contributed by atoms with Gasteiger partial charge in [0.1, 0.15) is 11.5 Å². The quantitative estimate of drug-likeness (QED) is 0.814. The number of rotatable bonds is 5. The number of nitrogens with one attached hydrogen (secondary N) is 1. The lowest BCUT2D eigenvalue weighted by molar-refractivity contribution is 0.490. The van der Waals surface area contributed by atoms with Crippen LogP contribution >= 0.6 is 11.8 Å². The number of hydrogen-bond donors (Lipinski definition) is 1. The fraction of sp³-hybridized carbons (Fsp3) is 0.412. The van der Waals surface area contributed by atoms with Gasteiger partial charge < -0.3 is 9.73 Å². The Morgan fingerprint density at radius 1 is 1.10 bits per heavy atom. The summed E-state index contributed by atoms with van der Waals surface area (Å²) < 4.78 is 5.55. The van der Waals surface area contributed by atoms with E-state index in [-0.39, 0.29) is 0 Å². The van der Waals surface area contributed by atoms with Gasteiger partial charge >= 0.3 is 0 Å². The predicted molar refractivity (Wildman–Crippen MR) is 85.3 cm³/mol. The molecule has 0 bridgehead atoms. The summed E-state index contributed by atoms with van der Waals surface area (Å²) in [7, 11) is 0. The Morgan fingerprint density at radius 2 is 1.85 bits per heavy atom. The first kappa shape index (κ1) is 13.6. The Morgan fingerprint density at radius 3 is 2.50 bits per heavy atom. The number of hydrogen-bond acceptors (Lipinski definition) is 3. The van der Waals surface area contributed by atoms with Gasteiger partial charge in [-0.1, -0.05) is 12.8 Å². The Hall–Kier alpha value is -1.35. The molecular formula is C17H21NOS. The fourth-order valence-electron chi connectivity index (χ4n) is 2.62. The molecule has 1 fully saturated rings. The van der Waals surface area contributed by atoms with Crippen molar-refractivity contribution >= 4 is 17.4 Å². The first-order chi connectivity index (χ1) is 9.79. The van der Waals surface area contributed by atoms with E-state index in [1.54, 1.807) is 0 Å². The molecule has 1 saturated carbocycles. The minimum absolute atomic E-state index is 0.739. The van der Waals surface area contributed by atoms with Gasteiger partial charge in [-0.25, -0.2) is 0 Å². The summed E-state index contributed by atoms with van der Waals surface area (Å²) in [6.07, 6.45) is 5.56. The van der Waals surface area contributed by atoms with E-state index >= 15 is 0 Å². The van der Waals surface area contributed by atoms with Crippen molar-refractivity contribution in [3.05, 3.63) is 47.9 Å². The van der Waals surface area contributed by atoms with E-state index in [9.17, 15) is 0 Å². The van der Waals surface area contributed by atoms with Crippen LogP contribution in [0.15, 0.2) is 45.7 Å². The zero-order chi connectivity index (χ0) is 13.8. The first-order valence-corrected chi connectivity index (χ1v) is 8.23. The average molecular weight is 287 g/mol. The largest absolute Gasteiger partial charge is 0.465 e. The van der Waals surface area contributed by atoms with Crippen molar-refractivity contribution < 1.29 is 4.42 Å². The number of thioether (sulfide) groups is 1. The molecule has 0 spiro atoms. The van der Waals surface area contributed by atoms with Crippen LogP contribution in [0.3, 0.4) is 0 Å². The summed E-state index contributed by atoms with van der Waals surface area (Å²) in [6.45, 7) is 2.71. The summed E-state index contributed by atoms with van der Waals surface area (Å²) in [6, 6.07) is 12.8. The number of aryl methyl sites for hydroxylation is 1. The molecule has 3 rings (SSSR count). The van der Waals surface area contributed by atoms with Gasteiger partial charge in [0.15, 0.2) is 0 Å². The molecule has 1 heterocycles. The van der Waals surface area contributed by atoms with E-state index in [0.29, 0.717) is 0 Å². The Bertz CT molecular complexity index is 540. The second-order valence-corrected chi connectivity index (χ2v) is 6.79. The van der Waals surface area contributed by atoms with E-state index in [1.165, 1.54) is 30.6 Å². The first-order valence-electron chi connectivity index (χ1n) is 7.35. The predicted octanol–water partition coefficient (Wildman–Crippen LogP) is 5.23. The summed E-state index contributed by atoms with van der Waals surface area (Å²) >= 11 is 2.03. The van der Waals surface area contributed by atoms with Crippen LogP contribution in [0.1, 0.15) is 37.2 Å². The lowest BCUT2D eigenvalue weighted by Crippen LogP contribution is -1.98. The van der Waals surface area contributed by atoms with Gasteiger partial charge in [-0.15, -0.1) is 11.8 Å². The van der Waals surface area contributed by atoms with Crippen molar-refractivity contribution in [2.45, 2.75) is 49.3 Å². The van der Waals surface area contributed by atoms with Crippen LogP contribution in [0.4, 0.5) is 5.69 Å². The molecule has 1 N–H and O–H groups in total. The molecule has 106 valence electrons. The lowest BCUT2D eigenvalue weighted by atomic mass is 10.3. The highest BCUT2D eigenvalue weighted by Gasteiger charge is 2.15. The molecule has 0 atom stereocenters. The summed E-state index contributed by atoms with van der Waals surface area (Å²) in [5.74, 6) is 1.94. The highest BCUT2D eigenvalue weighted by Crippen LogP contribution is 2.34. The van der Waals surface area contributed by atoms with Crippen molar-refractivity contribution in [2.75, 3.05) is 5.32 Å². The number of anilines is 1. The number of furan rings is 1. The molecule has 3 heteroatoms. The third kappa shape index (κ3) is 3.60. The molecule has 1 aliphatic carbocycles. The van der Waals surface area contributed by atoms with Crippen molar-refractivity contribution in [3.63, 3.8) is 0 Å². The summed E-state index contributed by atoms with van der Waals surface area (Å²) in [4.78, 5) is 1.39. The Balaban J connectivity index is 1.52. The summed E-state index contributed by atoms with van der Waals surface area (Å²) in [5.41, 5.74) is 1.15. The maximum atomic E-state index is 5.55. The Kier molecular flexibility index (Phi) is 4.36. The smallest absolute Gasteiger partial charge is 0.123 e. The molecule has 1 aromatic carbocycles. The third-order valence-electron chi connectivity index (χ3n) is 3.72. The van der Waals surface area contributed by atoms with Crippen LogP contribution in [0.25, 0.3) is 0 Å². The van der Waals surface area contributed by atoms with Gasteiger partial charge in [-0.05, 0) is 56.2 Å². The van der Waals surface area contributed by atoms with E-state index < -0.39 is 0 Å². The lowest BCUT2D eigenvalue weighted by Gasteiger charge is -2.10. The van der Waals surface area contributed by atoms with Crippen LogP contribution in [-0.4, -0.2) is 5.25 Å². The van der Waals surface area contributed by atoms with Crippen LogP contribution in [-0.2, 0) is 6.54 Å². The van der Waals surface area contributed by atoms with E-state index in [4.69, 9.17) is 4.42 Å². The molecule has 1 aromatic heterocycles. The van der Waals surface area contributed by atoms with Crippen molar-refractivity contribution in [3.8, 4) is 0 Å². The zero-order valence-electron chi connectivity index (χ0n) is 11.9. The minimum atomic E-state index is 0.739. The van der Waals surface area contributed by atoms with Crippen molar-refractivity contribution in [1.82, 2.24) is 0 Å². The highest BCUT2D eigenvalue weighted by atomic mass is 32.2. The zero-order valence-corrected chi connectivity index (χ0v) is 12.7. The minimum Gasteiger partial charge on any atom is -0.465 e. The molecule has 0 aliphatic heterocycles. The third-order valence-corrected chi connectivity index (χ3v) is 5.07. The SMILES string of the molecule is Cc1ccc(CNc2ccc(SC3CCCC3)cc2)o1. The molecule has 2 aromatic rings. The molecule has 1 aliphatic rings. The van der Waals surface area contributed by atoms with Gasteiger partial charge in [0.25, 0.3) is 0 Å². The number of benzene rings is 1. The molecule has 0 saturated heterocycles. The average Bonchev–Trinajstić information content (AvgIpc) is 3.10. The van der Waals surface area contributed by atoms with Crippen molar-refractivity contribution in [2.24, 2.45) is 0 Å². The molecule has 0 radical (unpaired) electrons. The molecule has 20 heavy (non-hydrogen) atoms. The molecule has 0 unspecified atom stereocenters. The highest BCUT2D eigenvalue weighted by molar-refractivity contribution is 8.00. The van der Waals surface area contributed by atoms with Crippen LogP contribution in [0.2, 0.25) is 0 Å². The maximum Gasteiger partial charge on any atom is 0.123 e. The topological polar surface area (TPSA) is 25.2 Å². The van der Waals surface area contributed by atoms with E-state index in [0.717, 1.165) is 29.0 Å². The van der Waals surface area contributed by atoms with Gasteiger partial charge in [0, 0.05) is 15.8 Å². The van der Waals surface area contributed by atoms with Crippen LogP contribution < -0.4 is 5.32 Å².